The molecule has 10 heteroatoms. The van der Waals surface area contributed by atoms with Crippen molar-refractivity contribution in [1.82, 2.24) is 16.0 Å². The molecule has 1 aliphatic heterocycles. The largest absolute Gasteiger partial charge is 0.396 e. The summed E-state index contributed by atoms with van der Waals surface area (Å²) in [5, 5.41) is 17.0. The van der Waals surface area contributed by atoms with Gasteiger partial charge in [0.1, 0.15) is 12.1 Å². The first-order valence-corrected chi connectivity index (χ1v) is 10.9. The topological polar surface area (TPSA) is 111 Å². The summed E-state index contributed by atoms with van der Waals surface area (Å²) >= 11 is 0. The average Bonchev–Trinajstić information content (AvgIpc) is 3.14. The van der Waals surface area contributed by atoms with Gasteiger partial charge in [-0.05, 0) is 30.7 Å². The number of hydrogen-bond acceptors (Lipinski definition) is 4. The molecular weight excluding hydrogens is 437 g/mol. The lowest BCUT2D eigenvalue weighted by Gasteiger charge is -2.25. The quantitative estimate of drug-likeness (QED) is 0.492. The van der Waals surface area contributed by atoms with E-state index in [1.54, 1.807) is 19.9 Å². The number of alkyl halides is 3. The van der Waals surface area contributed by atoms with Crippen LogP contribution in [0.3, 0.4) is 0 Å². The molecule has 1 aliphatic rings. The van der Waals surface area contributed by atoms with Gasteiger partial charge >= 0.3 is 6.18 Å². The molecular formula is C23H29F3N4O3. The third-order valence-electron chi connectivity index (χ3n) is 5.50. The molecule has 0 aliphatic carbocycles. The van der Waals surface area contributed by atoms with E-state index in [-0.39, 0.29) is 30.2 Å². The Morgan fingerprint density at radius 1 is 1.21 bits per heavy atom. The molecule has 4 atom stereocenters. The number of nitriles is 1. The van der Waals surface area contributed by atoms with E-state index in [2.05, 4.69) is 16.0 Å². The lowest BCUT2D eigenvalue weighted by Crippen LogP contribution is -2.50. The monoisotopic (exact) mass is 466 g/mol. The summed E-state index contributed by atoms with van der Waals surface area (Å²) in [5.41, 5.74) is -0.0376. The van der Waals surface area contributed by atoms with Crippen molar-refractivity contribution in [2.24, 2.45) is 11.8 Å². The molecule has 1 saturated heterocycles. The van der Waals surface area contributed by atoms with Crippen molar-refractivity contribution in [1.29, 1.82) is 5.26 Å². The van der Waals surface area contributed by atoms with Gasteiger partial charge in [-0.15, -0.1) is 0 Å². The molecule has 0 spiro atoms. The fourth-order valence-electron chi connectivity index (χ4n) is 3.82. The fraction of sp³-hybridized carbons (Fsp3) is 0.565. The number of nitrogens with zero attached hydrogens (tertiary/aromatic N) is 1. The standard InChI is InChI=1S/C23H29F3N4O3/c1-14(2)10-19(22(33)29-17(13-27)11-16-8-9-28-21(16)32)30-20(31)12-18(23(24,25)26)15-6-4-3-5-7-15/h3-7,14,16-19H,8-12H2,1-2H3,(H,28,32)(H,29,33)(H,30,31)/t16-,17-,18?,19-/m0/s1. The number of nitrogens with one attached hydrogen (secondary N) is 3. The maximum absolute atomic E-state index is 13.6. The Morgan fingerprint density at radius 3 is 2.39 bits per heavy atom. The highest BCUT2D eigenvalue weighted by atomic mass is 19.4. The zero-order valence-electron chi connectivity index (χ0n) is 18.6. The van der Waals surface area contributed by atoms with E-state index in [0.29, 0.717) is 13.0 Å². The third kappa shape index (κ3) is 8.08. The molecule has 33 heavy (non-hydrogen) atoms. The van der Waals surface area contributed by atoms with Gasteiger partial charge in [-0.2, -0.15) is 18.4 Å². The van der Waals surface area contributed by atoms with Crippen molar-refractivity contribution in [3.8, 4) is 6.07 Å². The van der Waals surface area contributed by atoms with Gasteiger partial charge < -0.3 is 16.0 Å². The van der Waals surface area contributed by atoms with Crippen LogP contribution in [0, 0.1) is 23.2 Å². The van der Waals surface area contributed by atoms with Gasteiger partial charge in [0.05, 0.1) is 12.0 Å². The number of halogens is 3. The lowest BCUT2D eigenvalue weighted by molar-refractivity contribution is -0.157. The highest BCUT2D eigenvalue weighted by Crippen LogP contribution is 2.37. The summed E-state index contributed by atoms with van der Waals surface area (Å²) < 4.78 is 40.8. The number of rotatable bonds is 10. The van der Waals surface area contributed by atoms with Gasteiger partial charge in [-0.1, -0.05) is 44.2 Å². The second kappa shape index (κ2) is 11.7. The minimum atomic E-state index is -4.64. The smallest absolute Gasteiger partial charge is 0.356 e. The van der Waals surface area contributed by atoms with Crippen molar-refractivity contribution in [3.05, 3.63) is 35.9 Å². The lowest BCUT2D eigenvalue weighted by atomic mass is 9.94. The molecule has 3 amide bonds. The maximum Gasteiger partial charge on any atom is 0.396 e. The van der Waals surface area contributed by atoms with E-state index in [0.717, 1.165) is 0 Å². The van der Waals surface area contributed by atoms with E-state index < -0.39 is 48.3 Å². The summed E-state index contributed by atoms with van der Waals surface area (Å²) in [7, 11) is 0. The van der Waals surface area contributed by atoms with E-state index in [1.807, 2.05) is 6.07 Å². The van der Waals surface area contributed by atoms with Crippen LogP contribution in [0.4, 0.5) is 13.2 Å². The van der Waals surface area contributed by atoms with Gasteiger partial charge in [0.2, 0.25) is 17.7 Å². The molecule has 0 radical (unpaired) electrons. The third-order valence-corrected chi connectivity index (χ3v) is 5.50. The average molecular weight is 467 g/mol. The van der Waals surface area contributed by atoms with Crippen LogP contribution in [0.15, 0.2) is 30.3 Å². The van der Waals surface area contributed by atoms with Crippen LogP contribution in [0.25, 0.3) is 0 Å². The highest BCUT2D eigenvalue weighted by Gasteiger charge is 2.42. The van der Waals surface area contributed by atoms with Crippen molar-refractivity contribution in [2.45, 2.75) is 63.7 Å². The van der Waals surface area contributed by atoms with Gasteiger partial charge in [0.25, 0.3) is 0 Å². The first-order valence-electron chi connectivity index (χ1n) is 10.9. The van der Waals surface area contributed by atoms with Crippen molar-refractivity contribution in [3.63, 3.8) is 0 Å². The van der Waals surface area contributed by atoms with Crippen LogP contribution in [0.5, 0.6) is 0 Å². The Bertz CT molecular complexity index is 868. The van der Waals surface area contributed by atoms with Crippen LogP contribution in [-0.4, -0.2) is 42.5 Å². The second-order valence-electron chi connectivity index (χ2n) is 8.66. The molecule has 180 valence electrons. The second-order valence-corrected chi connectivity index (χ2v) is 8.66. The molecule has 1 fully saturated rings. The Kier molecular flexibility index (Phi) is 9.26. The first kappa shape index (κ1) is 26.2. The number of carbonyl (C=O) groups excluding carboxylic acids is 3. The predicted molar refractivity (Wildman–Crippen MR) is 115 cm³/mol. The molecule has 0 aromatic heterocycles. The maximum atomic E-state index is 13.6. The normalized spacial score (nSPS) is 18.7. The first-order chi connectivity index (χ1) is 15.5. The summed E-state index contributed by atoms with van der Waals surface area (Å²) in [6.07, 6.45) is -4.64. The van der Waals surface area contributed by atoms with Crippen LogP contribution >= 0.6 is 0 Å². The van der Waals surface area contributed by atoms with Gasteiger partial charge in [-0.3, -0.25) is 14.4 Å². The van der Waals surface area contributed by atoms with Crippen molar-refractivity contribution >= 4 is 17.7 Å². The molecule has 1 unspecified atom stereocenters. The molecule has 3 N–H and O–H groups in total. The fourth-order valence-corrected chi connectivity index (χ4v) is 3.82. The van der Waals surface area contributed by atoms with E-state index in [9.17, 15) is 32.8 Å². The number of benzene rings is 1. The van der Waals surface area contributed by atoms with Crippen molar-refractivity contribution in [2.75, 3.05) is 6.54 Å². The van der Waals surface area contributed by atoms with E-state index in [1.165, 1.54) is 24.3 Å². The highest BCUT2D eigenvalue weighted by molar-refractivity contribution is 5.88. The predicted octanol–water partition coefficient (Wildman–Crippen LogP) is 2.79. The number of carbonyl (C=O) groups is 3. The summed E-state index contributed by atoms with van der Waals surface area (Å²) in [6, 6.07) is 7.02. The SMILES string of the molecule is CC(C)C[C@H](NC(=O)CC(c1ccccc1)C(F)(F)F)C(=O)N[C@H](C#N)C[C@@H]1CCNC1=O. The zero-order chi connectivity index (χ0) is 24.6. The molecule has 0 saturated carbocycles. The molecule has 1 aromatic rings. The minimum absolute atomic E-state index is 0.0376. The van der Waals surface area contributed by atoms with Gasteiger partial charge in [-0.25, -0.2) is 0 Å². The minimum Gasteiger partial charge on any atom is -0.356 e. The van der Waals surface area contributed by atoms with Gasteiger partial charge in [0, 0.05) is 18.9 Å². The Labute approximate surface area is 191 Å². The zero-order valence-corrected chi connectivity index (χ0v) is 18.6. The molecule has 0 bridgehead atoms. The van der Waals surface area contributed by atoms with Crippen molar-refractivity contribution < 1.29 is 27.6 Å². The van der Waals surface area contributed by atoms with Crippen LogP contribution in [0.2, 0.25) is 0 Å². The molecule has 2 rings (SSSR count). The van der Waals surface area contributed by atoms with Gasteiger partial charge in [0.15, 0.2) is 0 Å². The summed E-state index contributed by atoms with van der Waals surface area (Å²) in [4.78, 5) is 37.1. The Hall–Kier alpha value is -3.09. The molecule has 1 heterocycles. The number of amides is 3. The van der Waals surface area contributed by atoms with Crippen LogP contribution in [0.1, 0.15) is 51.0 Å². The van der Waals surface area contributed by atoms with Crippen LogP contribution < -0.4 is 16.0 Å². The summed E-state index contributed by atoms with van der Waals surface area (Å²) in [5.74, 6) is -4.21. The number of hydrogen-bond donors (Lipinski definition) is 3. The summed E-state index contributed by atoms with van der Waals surface area (Å²) in [6.45, 7) is 4.11. The molecule has 7 nitrogen and oxygen atoms in total. The molecule has 1 aromatic carbocycles. The Morgan fingerprint density at radius 2 is 1.88 bits per heavy atom. The Balaban J connectivity index is 2.07. The van der Waals surface area contributed by atoms with E-state index in [4.69, 9.17) is 0 Å². The van der Waals surface area contributed by atoms with E-state index >= 15 is 0 Å². The van der Waals surface area contributed by atoms with Crippen LogP contribution in [-0.2, 0) is 14.4 Å².